The Balaban J connectivity index is 3.37. The second kappa shape index (κ2) is 2.75. The molecule has 0 aliphatic carbocycles. The topological polar surface area (TPSA) is 59.9 Å². The molecule has 60 valence electrons. The third-order valence-electron chi connectivity index (χ3n) is 1.03. The third-order valence-corrected chi connectivity index (χ3v) is 2.54. The highest BCUT2D eigenvalue weighted by Crippen LogP contribution is 2.15. The van der Waals surface area contributed by atoms with Crippen LogP contribution in [-0.4, -0.2) is 24.6 Å². The van der Waals surface area contributed by atoms with E-state index in [1.54, 1.807) is 0 Å². The van der Waals surface area contributed by atoms with Crippen LogP contribution in [-0.2, 0) is 9.84 Å². The summed E-state index contributed by atoms with van der Waals surface area (Å²) >= 11 is 5.48. The molecule has 1 rings (SSSR count). The number of halogens is 1. The highest BCUT2D eigenvalue weighted by atomic mass is 35.5. The first-order chi connectivity index (χ1) is 5.02. The van der Waals surface area contributed by atoms with E-state index in [1.165, 1.54) is 12.5 Å². The maximum Gasteiger partial charge on any atom is 0.180 e. The average molecular weight is 193 g/mol. The Hall–Kier alpha value is -0.680. The van der Waals surface area contributed by atoms with Crippen molar-refractivity contribution < 1.29 is 8.42 Å². The van der Waals surface area contributed by atoms with Crippen LogP contribution in [0, 0.1) is 0 Å². The summed E-state index contributed by atoms with van der Waals surface area (Å²) in [6, 6.07) is 0. The molecular weight excluding hydrogens is 188 g/mol. The summed E-state index contributed by atoms with van der Waals surface area (Å²) in [5, 5.41) is -0.0394. The van der Waals surface area contributed by atoms with Crippen molar-refractivity contribution in [3.05, 3.63) is 17.7 Å². The third kappa shape index (κ3) is 1.87. The van der Waals surface area contributed by atoms with E-state index in [2.05, 4.69) is 9.97 Å². The lowest BCUT2D eigenvalue weighted by molar-refractivity contribution is 0.601. The molecule has 0 saturated carbocycles. The van der Waals surface area contributed by atoms with Gasteiger partial charge in [0.1, 0.15) is 11.2 Å². The van der Waals surface area contributed by atoms with E-state index in [4.69, 9.17) is 11.6 Å². The van der Waals surface area contributed by atoms with Crippen molar-refractivity contribution >= 4 is 21.4 Å². The van der Waals surface area contributed by atoms with Gasteiger partial charge in [-0.15, -0.1) is 0 Å². The van der Waals surface area contributed by atoms with Crippen LogP contribution in [0.3, 0.4) is 0 Å². The number of sulfone groups is 1. The fourth-order valence-corrected chi connectivity index (χ4v) is 1.67. The maximum atomic E-state index is 10.9. The SMILES string of the molecule is CS(=O)(=O)c1cncnc1Cl. The van der Waals surface area contributed by atoms with Crippen LogP contribution in [0.4, 0.5) is 0 Å². The summed E-state index contributed by atoms with van der Waals surface area (Å²) in [7, 11) is -3.29. The number of nitrogens with zero attached hydrogens (tertiary/aromatic N) is 2. The predicted molar refractivity (Wildman–Crippen MR) is 40.2 cm³/mol. The van der Waals surface area contributed by atoms with Crippen molar-refractivity contribution in [3.63, 3.8) is 0 Å². The molecule has 0 aliphatic heterocycles. The van der Waals surface area contributed by atoms with Crippen molar-refractivity contribution in [1.82, 2.24) is 9.97 Å². The molecule has 0 aromatic carbocycles. The van der Waals surface area contributed by atoms with Crippen LogP contribution < -0.4 is 0 Å². The van der Waals surface area contributed by atoms with E-state index in [0.717, 1.165) is 6.26 Å². The molecule has 0 radical (unpaired) electrons. The molecule has 0 saturated heterocycles. The van der Waals surface area contributed by atoms with Gasteiger partial charge in [0.2, 0.25) is 0 Å². The van der Waals surface area contributed by atoms with Gasteiger partial charge in [-0.05, 0) is 0 Å². The Morgan fingerprint density at radius 3 is 2.55 bits per heavy atom. The Morgan fingerprint density at radius 1 is 1.55 bits per heavy atom. The first-order valence-electron chi connectivity index (χ1n) is 2.67. The summed E-state index contributed by atoms with van der Waals surface area (Å²) in [6.07, 6.45) is 3.42. The standard InChI is InChI=1S/C5H5ClN2O2S/c1-11(9,10)4-2-7-3-8-5(4)6/h2-3H,1H3. The lowest BCUT2D eigenvalue weighted by atomic mass is 10.7. The van der Waals surface area contributed by atoms with Crippen molar-refractivity contribution in [3.8, 4) is 0 Å². The summed E-state index contributed by atoms with van der Waals surface area (Å²) in [4.78, 5) is 7.02. The Morgan fingerprint density at radius 2 is 2.18 bits per heavy atom. The van der Waals surface area contributed by atoms with Gasteiger partial charge >= 0.3 is 0 Å². The Labute approximate surface area is 69.2 Å². The fourth-order valence-electron chi connectivity index (χ4n) is 0.551. The zero-order valence-corrected chi connectivity index (χ0v) is 7.22. The van der Waals surface area contributed by atoms with Crippen LogP contribution in [0.15, 0.2) is 17.4 Å². The van der Waals surface area contributed by atoms with Crippen molar-refractivity contribution in [2.24, 2.45) is 0 Å². The number of rotatable bonds is 1. The quantitative estimate of drug-likeness (QED) is 0.610. The van der Waals surface area contributed by atoms with Gasteiger partial charge in [0, 0.05) is 6.26 Å². The van der Waals surface area contributed by atoms with Crippen LogP contribution in [0.5, 0.6) is 0 Å². The summed E-state index contributed by atoms with van der Waals surface area (Å²) < 4.78 is 21.8. The number of hydrogen-bond donors (Lipinski definition) is 0. The minimum atomic E-state index is -3.29. The molecule has 0 spiro atoms. The van der Waals surface area contributed by atoms with Crippen LogP contribution in [0.1, 0.15) is 0 Å². The van der Waals surface area contributed by atoms with E-state index < -0.39 is 9.84 Å². The zero-order chi connectivity index (χ0) is 8.48. The van der Waals surface area contributed by atoms with Crippen LogP contribution >= 0.6 is 11.6 Å². The van der Waals surface area contributed by atoms with Gasteiger partial charge in [-0.1, -0.05) is 11.6 Å². The highest BCUT2D eigenvalue weighted by Gasteiger charge is 2.11. The first-order valence-corrected chi connectivity index (χ1v) is 4.94. The molecule has 0 amide bonds. The van der Waals surface area contributed by atoms with Crippen LogP contribution in [0.2, 0.25) is 5.15 Å². The van der Waals surface area contributed by atoms with Crippen molar-refractivity contribution in [1.29, 1.82) is 0 Å². The van der Waals surface area contributed by atoms with Gasteiger partial charge in [-0.2, -0.15) is 0 Å². The summed E-state index contributed by atoms with van der Waals surface area (Å²) in [5.74, 6) is 0. The molecule has 6 heteroatoms. The Bertz CT molecular complexity index is 363. The molecule has 1 heterocycles. The second-order valence-corrected chi connectivity index (χ2v) is 4.29. The minimum Gasteiger partial charge on any atom is -0.243 e. The van der Waals surface area contributed by atoms with Gasteiger partial charge in [0.05, 0.1) is 6.20 Å². The van der Waals surface area contributed by atoms with Gasteiger partial charge in [0.25, 0.3) is 0 Å². The van der Waals surface area contributed by atoms with E-state index in [0.29, 0.717) is 0 Å². The second-order valence-electron chi connectivity index (χ2n) is 1.95. The smallest absolute Gasteiger partial charge is 0.180 e. The monoisotopic (exact) mass is 192 g/mol. The lowest BCUT2D eigenvalue weighted by Crippen LogP contribution is -1.99. The molecule has 11 heavy (non-hydrogen) atoms. The fraction of sp³-hybridized carbons (Fsp3) is 0.200. The molecule has 4 nitrogen and oxygen atoms in total. The number of hydrogen-bond acceptors (Lipinski definition) is 4. The van der Waals surface area contributed by atoms with Crippen LogP contribution in [0.25, 0.3) is 0 Å². The average Bonchev–Trinajstić information content (AvgIpc) is 1.86. The molecule has 0 unspecified atom stereocenters. The van der Waals surface area contributed by atoms with Gasteiger partial charge in [-0.3, -0.25) is 0 Å². The van der Waals surface area contributed by atoms with Crippen molar-refractivity contribution in [2.45, 2.75) is 4.90 Å². The van der Waals surface area contributed by atoms with Gasteiger partial charge in [-0.25, -0.2) is 18.4 Å². The highest BCUT2D eigenvalue weighted by molar-refractivity contribution is 7.90. The predicted octanol–water partition coefficient (Wildman–Crippen LogP) is 0.534. The van der Waals surface area contributed by atoms with Gasteiger partial charge < -0.3 is 0 Å². The molecule has 0 aliphatic rings. The molecule has 0 N–H and O–H groups in total. The van der Waals surface area contributed by atoms with E-state index in [1.807, 2.05) is 0 Å². The largest absolute Gasteiger partial charge is 0.243 e. The van der Waals surface area contributed by atoms with E-state index >= 15 is 0 Å². The molecule has 1 aromatic rings. The molecular formula is C5H5ClN2O2S. The summed E-state index contributed by atoms with van der Waals surface area (Å²) in [6.45, 7) is 0. The maximum absolute atomic E-state index is 10.9. The minimum absolute atomic E-state index is 0.0394. The number of aromatic nitrogens is 2. The van der Waals surface area contributed by atoms with Crippen molar-refractivity contribution in [2.75, 3.05) is 6.26 Å². The lowest BCUT2D eigenvalue weighted by Gasteiger charge is -1.96. The Kier molecular flexibility index (Phi) is 2.10. The first kappa shape index (κ1) is 8.42. The molecule has 0 bridgehead atoms. The summed E-state index contributed by atoms with van der Waals surface area (Å²) in [5.41, 5.74) is 0. The van der Waals surface area contributed by atoms with E-state index in [-0.39, 0.29) is 10.0 Å². The molecule has 1 aromatic heterocycles. The molecule has 0 atom stereocenters. The van der Waals surface area contributed by atoms with Gasteiger partial charge in [0.15, 0.2) is 15.0 Å². The molecule has 0 fully saturated rings. The normalized spacial score (nSPS) is 11.5. The van der Waals surface area contributed by atoms with E-state index in [9.17, 15) is 8.42 Å². The zero-order valence-electron chi connectivity index (χ0n) is 5.65.